The van der Waals surface area contributed by atoms with Gasteiger partial charge in [-0.2, -0.15) is 5.10 Å². The molecule has 6 heteroatoms. The van der Waals surface area contributed by atoms with Gasteiger partial charge in [0.25, 0.3) is 5.56 Å². The van der Waals surface area contributed by atoms with E-state index in [2.05, 4.69) is 22.3 Å². The van der Waals surface area contributed by atoms with Crippen molar-refractivity contribution in [2.24, 2.45) is 0 Å². The lowest BCUT2D eigenvalue weighted by molar-refractivity contribution is 0.568. The fourth-order valence-corrected chi connectivity index (χ4v) is 2.68. The highest BCUT2D eigenvalue weighted by atomic mass is 16.1. The summed E-state index contributed by atoms with van der Waals surface area (Å²) < 4.78 is 3.62. The van der Waals surface area contributed by atoms with Gasteiger partial charge in [0.15, 0.2) is 0 Å². The summed E-state index contributed by atoms with van der Waals surface area (Å²) in [5, 5.41) is 7.65. The largest absolute Gasteiger partial charge is 0.311 e. The number of hydrogen-bond donors (Lipinski definition) is 1. The lowest BCUT2D eigenvalue weighted by atomic mass is 10.1. The van der Waals surface area contributed by atoms with Crippen LogP contribution in [0.25, 0.3) is 0 Å². The van der Waals surface area contributed by atoms with Crippen LogP contribution >= 0.6 is 0 Å². The van der Waals surface area contributed by atoms with Gasteiger partial charge in [-0.15, -0.1) is 0 Å². The van der Waals surface area contributed by atoms with Gasteiger partial charge < -0.3 is 5.32 Å². The van der Waals surface area contributed by atoms with Crippen molar-refractivity contribution in [2.45, 2.75) is 39.9 Å². The molecule has 0 fully saturated rings. The highest BCUT2D eigenvalue weighted by Gasteiger charge is 2.16. The van der Waals surface area contributed by atoms with Crippen molar-refractivity contribution < 1.29 is 0 Å². The van der Waals surface area contributed by atoms with E-state index in [0.717, 1.165) is 42.2 Å². The summed E-state index contributed by atoms with van der Waals surface area (Å²) in [6.07, 6.45) is 2.41. The molecule has 0 bridgehead atoms. The molecule has 0 atom stereocenters. The molecule has 20 heavy (non-hydrogen) atoms. The number of aryl methyl sites for hydroxylation is 2. The van der Waals surface area contributed by atoms with Crippen LogP contribution in [0.15, 0.2) is 17.2 Å². The number of fused-ring (bicyclic) bond motifs is 1. The van der Waals surface area contributed by atoms with E-state index >= 15 is 0 Å². The van der Waals surface area contributed by atoms with Crippen molar-refractivity contribution >= 4 is 0 Å². The van der Waals surface area contributed by atoms with Gasteiger partial charge in [0, 0.05) is 18.7 Å². The fraction of sp³-hybridized carbons (Fsp3) is 0.500. The zero-order valence-corrected chi connectivity index (χ0v) is 11.9. The Kier molecular flexibility index (Phi) is 3.40. The van der Waals surface area contributed by atoms with E-state index in [4.69, 9.17) is 0 Å². The second-order valence-electron chi connectivity index (χ2n) is 5.12. The van der Waals surface area contributed by atoms with Crippen molar-refractivity contribution in [1.82, 2.24) is 24.6 Å². The van der Waals surface area contributed by atoms with Gasteiger partial charge in [-0.3, -0.25) is 14.0 Å². The van der Waals surface area contributed by atoms with Gasteiger partial charge in [-0.25, -0.2) is 4.98 Å². The monoisotopic (exact) mass is 273 g/mol. The van der Waals surface area contributed by atoms with Crippen molar-refractivity contribution in [3.05, 3.63) is 45.4 Å². The first-order valence-corrected chi connectivity index (χ1v) is 7.00. The van der Waals surface area contributed by atoms with Crippen molar-refractivity contribution in [1.29, 1.82) is 0 Å². The van der Waals surface area contributed by atoms with Crippen LogP contribution in [0.1, 0.15) is 29.6 Å². The molecule has 3 heterocycles. The summed E-state index contributed by atoms with van der Waals surface area (Å²) in [6.45, 7) is 6.89. The first-order valence-electron chi connectivity index (χ1n) is 7.00. The van der Waals surface area contributed by atoms with Crippen LogP contribution in [-0.4, -0.2) is 25.9 Å². The van der Waals surface area contributed by atoms with Crippen LogP contribution in [0, 0.1) is 6.92 Å². The Morgan fingerprint density at radius 3 is 3.10 bits per heavy atom. The molecule has 0 amide bonds. The van der Waals surface area contributed by atoms with Crippen LogP contribution in [-0.2, 0) is 26.1 Å². The second kappa shape index (κ2) is 5.20. The minimum atomic E-state index is 0.0815. The number of hydrogen-bond acceptors (Lipinski definition) is 4. The SMILES string of the molecule is CCn1nc(C)cc1Cn1cnc2c(c1=O)CCNC2. The Balaban J connectivity index is 1.97. The molecule has 1 N–H and O–H groups in total. The molecule has 0 spiro atoms. The number of rotatable bonds is 3. The molecule has 0 saturated carbocycles. The molecule has 3 rings (SSSR count). The summed E-state index contributed by atoms with van der Waals surface area (Å²) in [5.74, 6) is 0. The molecule has 0 aliphatic carbocycles. The summed E-state index contributed by atoms with van der Waals surface area (Å²) in [7, 11) is 0. The van der Waals surface area contributed by atoms with Crippen molar-refractivity contribution in [3.8, 4) is 0 Å². The first kappa shape index (κ1) is 13.1. The molecule has 0 radical (unpaired) electrons. The van der Waals surface area contributed by atoms with Gasteiger partial charge in [-0.05, 0) is 32.9 Å². The smallest absolute Gasteiger partial charge is 0.257 e. The Bertz CT molecular complexity index is 685. The third kappa shape index (κ3) is 2.27. The molecular weight excluding hydrogens is 254 g/mol. The van der Waals surface area contributed by atoms with E-state index in [-0.39, 0.29) is 5.56 Å². The third-order valence-corrected chi connectivity index (χ3v) is 3.68. The zero-order valence-electron chi connectivity index (χ0n) is 11.9. The maximum atomic E-state index is 12.5. The summed E-state index contributed by atoms with van der Waals surface area (Å²) in [4.78, 5) is 16.9. The zero-order chi connectivity index (χ0) is 14.1. The average Bonchev–Trinajstić information content (AvgIpc) is 2.82. The predicted octanol–water partition coefficient (Wildman–Crippen LogP) is 0.462. The molecule has 1 aliphatic rings. The minimum absolute atomic E-state index is 0.0815. The molecule has 0 unspecified atom stereocenters. The van der Waals surface area contributed by atoms with Crippen molar-refractivity contribution in [3.63, 3.8) is 0 Å². The maximum absolute atomic E-state index is 12.5. The van der Waals surface area contributed by atoms with Crippen LogP contribution in [0.4, 0.5) is 0 Å². The Morgan fingerprint density at radius 1 is 1.45 bits per heavy atom. The van der Waals surface area contributed by atoms with Gasteiger partial charge >= 0.3 is 0 Å². The molecule has 106 valence electrons. The third-order valence-electron chi connectivity index (χ3n) is 3.68. The van der Waals surface area contributed by atoms with E-state index < -0.39 is 0 Å². The van der Waals surface area contributed by atoms with Crippen molar-refractivity contribution in [2.75, 3.05) is 6.54 Å². The lowest BCUT2D eigenvalue weighted by Gasteiger charge is -2.17. The first-order chi connectivity index (χ1) is 9.69. The van der Waals surface area contributed by atoms with Gasteiger partial charge in [-0.1, -0.05) is 0 Å². The topological polar surface area (TPSA) is 64.7 Å². The molecule has 0 saturated heterocycles. The van der Waals surface area contributed by atoms with Crippen LogP contribution in [0.3, 0.4) is 0 Å². The average molecular weight is 273 g/mol. The molecule has 2 aromatic heterocycles. The van der Waals surface area contributed by atoms with E-state index in [1.807, 2.05) is 17.7 Å². The molecule has 0 aromatic carbocycles. The number of aromatic nitrogens is 4. The predicted molar refractivity (Wildman–Crippen MR) is 75.6 cm³/mol. The van der Waals surface area contributed by atoms with E-state index in [0.29, 0.717) is 13.1 Å². The van der Waals surface area contributed by atoms with Crippen LogP contribution < -0.4 is 10.9 Å². The Hall–Kier alpha value is -1.95. The minimum Gasteiger partial charge on any atom is -0.311 e. The lowest BCUT2D eigenvalue weighted by Crippen LogP contribution is -2.34. The van der Waals surface area contributed by atoms with Gasteiger partial charge in [0.1, 0.15) is 0 Å². The second-order valence-corrected chi connectivity index (χ2v) is 5.12. The molecule has 1 aliphatic heterocycles. The number of nitrogens with one attached hydrogen (secondary N) is 1. The summed E-state index contributed by atoms with van der Waals surface area (Å²) >= 11 is 0. The van der Waals surface area contributed by atoms with E-state index in [1.54, 1.807) is 10.9 Å². The summed E-state index contributed by atoms with van der Waals surface area (Å²) in [6, 6.07) is 2.02. The Morgan fingerprint density at radius 2 is 2.30 bits per heavy atom. The number of nitrogens with zero attached hydrogens (tertiary/aromatic N) is 4. The molecule has 6 nitrogen and oxygen atoms in total. The Labute approximate surface area is 117 Å². The summed E-state index contributed by atoms with van der Waals surface area (Å²) in [5.41, 5.74) is 3.84. The normalized spacial score (nSPS) is 14.3. The van der Waals surface area contributed by atoms with Gasteiger partial charge in [0.2, 0.25) is 0 Å². The standard InChI is InChI=1S/C14H19N5O/c1-3-19-11(6-10(2)17-19)8-18-9-16-13-7-15-5-4-12(13)14(18)20/h6,9,15H,3-5,7-8H2,1-2H3. The quantitative estimate of drug-likeness (QED) is 0.882. The van der Waals surface area contributed by atoms with Crippen LogP contribution in [0.2, 0.25) is 0 Å². The molecular formula is C14H19N5O. The maximum Gasteiger partial charge on any atom is 0.257 e. The molecule has 2 aromatic rings. The van der Waals surface area contributed by atoms with E-state index in [1.165, 1.54) is 0 Å². The van der Waals surface area contributed by atoms with E-state index in [9.17, 15) is 4.79 Å². The highest BCUT2D eigenvalue weighted by molar-refractivity contribution is 5.20. The van der Waals surface area contributed by atoms with Crippen LogP contribution in [0.5, 0.6) is 0 Å². The highest BCUT2D eigenvalue weighted by Crippen LogP contribution is 2.08. The van der Waals surface area contributed by atoms with Gasteiger partial charge in [0.05, 0.1) is 30.0 Å². The fourth-order valence-electron chi connectivity index (χ4n) is 2.68.